The lowest BCUT2D eigenvalue weighted by Crippen LogP contribution is -2.28. The van der Waals surface area contributed by atoms with E-state index < -0.39 is 0 Å². The second-order valence-electron chi connectivity index (χ2n) is 3.88. The lowest BCUT2D eigenvalue weighted by Gasteiger charge is -2.19. The van der Waals surface area contributed by atoms with Crippen molar-refractivity contribution >= 4 is 0 Å². The molecule has 1 aromatic rings. The maximum absolute atomic E-state index is 4.13. The minimum Gasteiger partial charge on any atom is -0.337 e. The maximum Gasteiger partial charge on any atom is 0.0945 e. The fourth-order valence-corrected chi connectivity index (χ4v) is 1.83. The van der Waals surface area contributed by atoms with Gasteiger partial charge in [-0.3, -0.25) is 4.90 Å². The Bertz CT molecular complexity index is 273. The van der Waals surface area contributed by atoms with Crippen LogP contribution in [0.4, 0.5) is 0 Å². The summed E-state index contributed by atoms with van der Waals surface area (Å²) in [5.41, 5.74) is 1.30. The third kappa shape index (κ3) is 2.33. The Balaban J connectivity index is 1.92. The van der Waals surface area contributed by atoms with Crippen molar-refractivity contribution in [2.24, 2.45) is 7.05 Å². The lowest BCUT2D eigenvalue weighted by atomic mass is 10.3. The number of aryl methyl sites for hydroxylation is 1. The van der Waals surface area contributed by atoms with Crippen LogP contribution in [0.15, 0.2) is 12.5 Å². The van der Waals surface area contributed by atoms with Crippen LogP contribution in [0.5, 0.6) is 0 Å². The van der Waals surface area contributed by atoms with E-state index >= 15 is 0 Å². The first-order chi connectivity index (χ1) is 6.86. The highest BCUT2D eigenvalue weighted by Gasteiger charge is 2.10. The van der Waals surface area contributed by atoms with Gasteiger partial charge in [-0.15, -0.1) is 0 Å². The van der Waals surface area contributed by atoms with Gasteiger partial charge in [-0.25, -0.2) is 4.98 Å². The van der Waals surface area contributed by atoms with Crippen molar-refractivity contribution in [2.45, 2.75) is 13.0 Å². The molecule has 0 bridgehead atoms. The number of rotatable bonds is 2. The Hall–Kier alpha value is -0.870. The van der Waals surface area contributed by atoms with E-state index in [-0.39, 0.29) is 0 Å². The summed E-state index contributed by atoms with van der Waals surface area (Å²) in [4.78, 5) is 6.61. The zero-order valence-corrected chi connectivity index (χ0v) is 8.74. The van der Waals surface area contributed by atoms with E-state index in [0.717, 1.165) is 26.2 Å². The SMILES string of the molecule is Cn1cncc1CN1CCCNCC1. The van der Waals surface area contributed by atoms with E-state index in [2.05, 4.69) is 26.8 Å². The first-order valence-corrected chi connectivity index (χ1v) is 5.24. The highest BCUT2D eigenvalue weighted by molar-refractivity contribution is 4.97. The topological polar surface area (TPSA) is 33.1 Å². The van der Waals surface area contributed by atoms with Crippen molar-refractivity contribution < 1.29 is 0 Å². The molecule has 4 nitrogen and oxygen atoms in total. The molecule has 1 fully saturated rings. The van der Waals surface area contributed by atoms with E-state index in [1.807, 2.05) is 12.5 Å². The zero-order chi connectivity index (χ0) is 9.80. The highest BCUT2D eigenvalue weighted by atomic mass is 15.2. The number of nitrogens with one attached hydrogen (secondary N) is 1. The summed E-state index contributed by atoms with van der Waals surface area (Å²) in [5.74, 6) is 0. The molecule has 1 saturated heterocycles. The largest absolute Gasteiger partial charge is 0.337 e. The molecule has 0 unspecified atom stereocenters. The summed E-state index contributed by atoms with van der Waals surface area (Å²) in [6.45, 7) is 5.63. The van der Waals surface area contributed by atoms with Gasteiger partial charge in [0.25, 0.3) is 0 Å². The van der Waals surface area contributed by atoms with Crippen molar-refractivity contribution in [2.75, 3.05) is 26.2 Å². The second kappa shape index (κ2) is 4.57. The smallest absolute Gasteiger partial charge is 0.0945 e. The molecular weight excluding hydrogens is 176 g/mol. The molecule has 2 rings (SSSR count). The van der Waals surface area contributed by atoms with Gasteiger partial charge >= 0.3 is 0 Å². The molecule has 1 N–H and O–H groups in total. The van der Waals surface area contributed by atoms with Gasteiger partial charge in [0.1, 0.15) is 0 Å². The van der Waals surface area contributed by atoms with Gasteiger partial charge in [-0.2, -0.15) is 0 Å². The van der Waals surface area contributed by atoms with E-state index in [1.54, 1.807) is 0 Å². The van der Waals surface area contributed by atoms with E-state index in [0.29, 0.717) is 0 Å². The van der Waals surface area contributed by atoms with Crippen LogP contribution in [-0.4, -0.2) is 40.6 Å². The molecule has 0 aromatic carbocycles. The van der Waals surface area contributed by atoms with Gasteiger partial charge in [0.2, 0.25) is 0 Å². The molecule has 2 heterocycles. The molecular formula is C10H18N4. The molecule has 1 aliphatic heterocycles. The number of hydrogen-bond acceptors (Lipinski definition) is 3. The predicted molar refractivity (Wildman–Crippen MR) is 56.0 cm³/mol. The Morgan fingerprint density at radius 2 is 2.36 bits per heavy atom. The minimum atomic E-state index is 1.03. The van der Waals surface area contributed by atoms with Gasteiger partial charge in [-0.05, 0) is 19.5 Å². The Morgan fingerprint density at radius 1 is 1.43 bits per heavy atom. The normalized spacial score (nSPS) is 19.5. The van der Waals surface area contributed by atoms with Crippen LogP contribution in [0.1, 0.15) is 12.1 Å². The van der Waals surface area contributed by atoms with E-state index in [9.17, 15) is 0 Å². The van der Waals surface area contributed by atoms with Crippen LogP contribution in [0, 0.1) is 0 Å². The van der Waals surface area contributed by atoms with Crippen LogP contribution in [0.3, 0.4) is 0 Å². The summed E-state index contributed by atoms with van der Waals surface area (Å²) in [6, 6.07) is 0. The molecule has 1 aromatic heterocycles. The molecule has 78 valence electrons. The number of hydrogen-bond donors (Lipinski definition) is 1. The van der Waals surface area contributed by atoms with Crippen LogP contribution >= 0.6 is 0 Å². The third-order valence-corrected chi connectivity index (χ3v) is 2.73. The van der Waals surface area contributed by atoms with Gasteiger partial charge in [0.15, 0.2) is 0 Å². The molecule has 14 heavy (non-hydrogen) atoms. The third-order valence-electron chi connectivity index (χ3n) is 2.73. The molecule has 0 amide bonds. The first kappa shape index (κ1) is 9.68. The summed E-state index contributed by atoms with van der Waals surface area (Å²) >= 11 is 0. The fraction of sp³-hybridized carbons (Fsp3) is 0.700. The highest BCUT2D eigenvalue weighted by Crippen LogP contribution is 2.04. The van der Waals surface area contributed by atoms with Crippen LogP contribution in [0.25, 0.3) is 0 Å². The van der Waals surface area contributed by atoms with Gasteiger partial charge in [0, 0.05) is 32.9 Å². The van der Waals surface area contributed by atoms with Gasteiger partial charge in [-0.1, -0.05) is 0 Å². The van der Waals surface area contributed by atoms with E-state index in [1.165, 1.54) is 18.7 Å². The molecule has 0 radical (unpaired) electrons. The van der Waals surface area contributed by atoms with Crippen molar-refractivity contribution in [1.29, 1.82) is 0 Å². The second-order valence-corrected chi connectivity index (χ2v) is 3.88. The predicted octanol–water partition coefficient (Wildman–Crippen LogP) is 0.215. The van der Waals surface area contributed by atoms with Crippen LogP contribution < -0.4 is 5.32 Å². The van der Waals surface area contributed by atoms with Crippen LogP contribution in [-0.2, 0) is 13.6 Å². The van der Waals surface area contributed by atoms with Crippen molar-refractivity contribution in [1.82, 2.24) is 19.8 Å². The standard InChI is InChI=1S/C10H18N4/c1-13-9-12-7-10(13)8-14-5-2-3-11-4-6-14/h7,9,11H,2-6,8H2,1H3. The maximum atomic E-state index is 4.13. The number of imidazole rings is 1. The van der Waals surface area contributed by atoms with E-state index in [4.69, 9.17) is 0 Å². The zero-order valence-electron chi connectivity index (χ0n) is 8.74. The molecule has 4 heteroatoms. The molecule has 0 atom stereocenters. The Kier molecular flexibility index (Phi) is 3.16. The quantitative estimate of drug-likeness (QED) is 0.731. The Labute approximate surface area is 84.9 Å². The monoisotopic (exact) mass is 194 g/mol. The molecule has 0 spiro atoms. The summed E-state index contributed by atoms with van der Waals surface area (Å²) in [6.07, 6.45) is 5.07. The van der Waals surface area contributed by atoms with Crippen molar-refractivity contribution in [3.63, 3.8) is 0 Å². The van der Waals surface area contributed by atoms with Crippen molar-refractivity contribution in [3.8, 4) is 0 Å². The lowest BCUT2D eigenvalue weighted by molar-refractivity contribution is 0.278. The van der Waals surface area contributed by atoms with Gasteiger partial charge < -0.3 is 9.88 Å². The molecule has 0 aliphatic carbocycles. The fourth-order valence-electron chi connectivity index (χ4n) is 1.83. The first-order valence-electron chi connectivity index (χ1n) is 5.24. The number of aromatic nitrogens is 2. The summed E-state index contributed by atoms with van der Waals surface area (Å²) in [7, 11) is 2.05. The Morgan fingerprint density at radius 3 is 3.14 bits per heavy atom. The summed E-state index contributed by atoms with van der Waals surface area (Å²) < 4.78 is 2.10. The number of nitrogens with zero attached hydrogens (tertiary/aromatic N) is 3. The van der Waals surface area contributed by atoms with Crippen molar-refractivity contribution in [3.05, 3.63) is 18.2 Å². The summed E-state index contributed by atoms with van der Waals surface area (Å²) in [5, 5.41) is 3.41. The minimum absolute atomic E-state index is 1.03. The molecule has 0 saturated carbocycles. The van der Waals surface area contributed by atoms with Crippen LogP contribution in [0.2, 0.25) is 0 Å². The average molecular weight is 194 g/mol. The molecule has 1 aliphatic rings. The average Bonchev–Trinajstić information content (AvgIpc) is 2.44. The van der Waals surface area contributed by atoms with Gasteiger partial charge in [0.05, 0.1) is 12.0 Å².